The maximum atomic E-state index is 14.1. The number of aromatic hydroxyl groups is 1. The zero-order valence-electron chi connectivity index (χ0n) is 48.4. The number of amides is 1. The first-order chi connectivity index (χ1) is 38.2. The van der Waals surface area contributed by atoms with Gasteiger partial charge in [0.05, 0.1) is 47.5 Å². The summed E-state index contributed by atoms with van der Waals surface area (Å²) >= 11 is 13.2. The van der Waals surface area contributed by atoms with Crippen LogP contribution in [0.2, 0.25) is 10.0 Å². The summed E-state index contributed by atoms with van der Waals surface area (Å²) in [4.78, 5) is 55.1. The fourth-order valence-corrected chi connectivity index (χ4v) is 10.5. The number of nitrogens with one attached hydrogen (secondary N) is 1. The molecule has 21 nitrogen and oxygen atoms in total. The lowest BCUT2D eigenvalue weighted by atomic mass is 9.88. The molecule has 81 heavy (non-hydrogen) atoms. The highest BCUT2D eigenvalue weighted by atomic mass is 35.5. The fourth-order valence-electron chi connectivity index (χ4n) is 9.86. The highest BCUT2D eigenvalue weighted by molar-refractivity contribution is 6.39. The van der Waals surface area contributed by atoms with Crippen LogP contribution >= 0.6 is 23.2 Å². The van der Waals surface area contributed by atoms with Crippen LogP contribution in [-0.2, 0) is 58.7 Å². The van der Waals surface area contributed by atoms with Crippen molar-refractivity contribution in [2.45, 2.75) is 187 Å². The van der Waals surface area contributed by atoms with Gasteiger partial charge >= 0.3 is 17.9 Å². The molecule has 454 valence electrons. The molecule has 5 rings (SSSR count). The van der Waals surface area contributed by atoms with E-state index >= 15 is 0 Å². The van der Waals surface area contributed by atoms with Crippen LogP contribution in [0, 0.1) is 11.8 Å². The van der Waals surface area contributed by atoms with E-state index in [1.807, 2.05) is 32.9 Å². The Labute approximate surface area is 484 Å². The third kappa shape index (κ3) is 17.1. The number of carbonyl (C=O) groups excluding carboxylic acids is 4. The maximum Gasteiger partial charge on any atom is 0.342 e. The molecule has 14 atom stereocenters. The number of halogens is 2. The number of benzene rings is 1. The average molecular weight is 1180 g/mol. The number of rotatable bonds is 16. The number of methoxy groups -OCH3 is 1. The summed E-state index contributed by atoms with van der Waals surface area (Å²) in [5.41, 5.74) is 0.358. The van der Waals surface area contributed by atoms with E-state index in [0.29, 0.717) is 49.3 Å². The summed E-state index contributed by atoms with van der Waals surface area (Å²) in [7, 11) is 1.27. The van der Waals surface area contributed by atoms with Crippen molar-refractivity contribution in [1.29, 1.82) is 0 Å². The number of cyclic esters (lactones) is 1. The van der Waals surface area contributed by atoms with E-state index in [-0.39, 0.29) is 52.6 Å². The lowest BCUT2D eigenvalue weighted by Gasteiger charge is -2.47. The Morgan fingerprint density at radius 1 is 0.926 bits per heavy atom. The number of allylic oxidation sites excluding steroid dienone is 4. The first-order valence-electron chi connectivity index (χ1n) is 27.6. The summed E-state index contributed by atoms with van der Waals surface area (Å²) in [6.07, 6.45) is -5.66. The Bertz CT molecular complexity index is 2500. The van der Waals surface area contributed by atoms with E-state index in [0.717, 1.165) is 0 Å². The average Bonchev–Trinajstić information content (AvgIpc) is 3.54. The van der Waals surface area contributed by atoms with Crippen LogP contribution in [-0.4, -0.2) is 191 Å². The number of piperazine rings is 1. The smallest absolute Gasteiger partial charge is 0.342 e. The van der Waals surface area contributed by atoms with Gasteiger partial charge in [-0.15, -0.1) is 0 Å². The van der Waals surface area contributed by atoms with Gasteiger partial charge in [0, 0.05) is 45.6 Å². The number of aliphatic hydroxyl groups is 5. The van der Waals surface area contributed by atoms with Gasteiger partial charge in [-0.2, -0.15) is 0 Å². The van der Waals surface area contributed by atoms with Crippen molar-refractivity contribution in [1.82, 2.24) is 10.2 Å². The van der Waals surface area contributed by atoms with Gasteiger partial charge in [-0.05, 0) is 90.5 Å². The van der Waals surface area contributed by atoms with Crippen molar-refractivity contribution in [2.24, 2.45) is 11.8 Å². The molecule has 23 heteroatoms. The number of nitrogens with zero attached hydrogens (tertiary/aromatic N) is 1. The van der Waals surface area contributed by atoms with Crippen molar-refractivity contribution < 1.29 is 92.4 Å². The largest absolute Gasteiger partial charge is 0.505 e. The third-order valence-electron chi connectivity index (χ3n) is 14.8. The van der Waals surface area contributed by atoms with Gasteiger partial charge in [0.15, 0.2) is 42.9 Å². The predicted octanol–water partition coefficient (Wildman–Crippen LogP) is 5.34. The van der Waals surface area contributed by atoms with E-state index in [1.54, 1.807) is 58.6 Å². The Balaban J connectivity index is 1.35. The van der Waals surface area contributed by atoms with Gasteiger partial charge in [-0.25, -0.2) is 9.59 Å². The van der Waals surface area contributed by atoms with Crippen LogP contribution in [0.25, 0.3) is 0 Å². The molecule has 3 saturated heterocycles. The van der Waals surface area contributed by atoms with Crippen molar-refractivity contribution in [3.8, 4) is 11.5 Å². The van der Waals surface area contributed by atoms with Crippen LogP contribution in [0.15, 0.2) is 58.7 Å². The van der Waals surface area contributed by atoms with Gasteiger partial charge < -0.3 is 83.5 Å². The molecule has 0 saturated carbocycles. The highest BCUT2D eigenvalue weighted by Gasteiger charge is 2.53. The molecule has 1 aromatic rings. The normalized spacial score (nSPS) is 33.4. The van der Waals surface area contributed by atoms with E-state index in [2.05, 4.69) is 5.32 Å². The zero-order chi connectivity index (χ0) is 60.2. The molecule has 0 aromatic heterocycles. The summed E-state index contributed by atoms with van der Waals surface area (Å²) in [6, 6.07) is 0. The molecule has 0 aliphatic carbocycles. The molecular formula is C58H84Cl2N2O19. The van der Waals surface area contributed by atoms with Crippen LogP contribution in [0.1, 0.15) is 111 Å². The minimum absolute atomic E-state index is 0.0434. The topological polar surface area (TPSA) is 288 Å². The predicted molar refractivity (Wildman–Crippen MR) is 298 cm³/mol. The van der Waals surface area contributed by atoms with Crippen molar-refractivity contribution in [3.63, 3.8) is 0 Å². The van der Waals surface area contributed by atoms with Gasteiger partial charge in [-0.1, -0.05) is 86.9 Å². The van der Waals surface area contributed by atoms with Gasteiger partial charge in [0.2, 0.25) is 0 Å². The van der Waals surface area contributed by atoms with Crippen molar-refractivity contribution in [2.75, 3.05) is 46.5 Å². The summed E-state index contributed by atoms with van der Waals surface area (Å²) in [5.74, 6) is -4.65. The fraction of sp³-hybridized carbons (Fsp3) is 0.655. The molecule has 0 radical (unpaired) electrons. The summed E-state index contributed by atoms with van der Waals surface area (Å²) < 4.78 is 53.7. The Morgan fingerprint density at radius 3 is 2.22 bits per heavy atom. The minimum atomic E-state index is -1.61. The number of esters is 3. The van der Waals surface area contributed by atoms with Gasteiger partial charge in [0.25, 0.3) is 5.91 Å². The zero-order valence-corrected chi connectivity index (χ0v) is 49.9. The van der Waals surface area contributed by atoms with E-state index < -0.39 is 139 Å². The Hall–Kier alpha value is -4.46. The van der Waals surface area contributed by atoms with E-state index in [1.165, 1.54) is 33.1 Å². The van der Waals surface area contributed by atoms with E-state index in [9.17, 15) is 49.8 Å². The number of carbonyl (C=O) groups is 4. The minimum Gasteiger partial charge on any atom is -0.505 e. The van der Waals surface area contributed by atoms with Gasteiger partial charge in [-0.3, -0.25) is 9.59 Å². The maximum absolute atomic E-state index is 14.1. The number of hydrogen-bond acceptors (Lipinski definition) is 20. The third-order valence-corrected chi connectivity index (χ3v) is 15.5. The SMILES string of the molecule is CCc1c(Cl)c(OCC(=O)N2CCNCC2)c(Cl)c(O)c1C(=O)O[C@@H]1[C@@H](O)[C@@H](OC)[C@@H](OC/C2=C\C=C\C[C@H](O)/C(C)=C/[C@H](CC)[C@@H](O[C@@H]3OC(C)(C)[C@@H](OC(=O)C(C)C)[C@H](O)[C@@H]3O)/C(C)=C/C(C)=C/C[C@@H]([C@@H](C)O)OC2=O)O[C@H]1C. The summed E-state index contributed by atoms with van der Waals surface area (Å²) in [5, 5.41) is 70.7. The van der Waals surface area contributed by atoms with Crippen LogP contribution in [0.5, 0.6) is 11.5 Å². The first kappa shape index (κ1) is 67.3. The number of hydrogen-bond donors (Lipinski definition) is 7. The molecule has 4 heterocycles. The second-order valence-electron chi connectivity index (χ2n) is 21.8. The number of ether oxygens (including phenoxy) is 9. The molecule has 0 spiro atoms. The molecule has 4 aliphatic rings. The second-order valence-corrected chi connectivity index (χ2v) is 22.5. The first-order valence-corrected chi connectivity index (χ1v) is 28.3. The monoisotopic (exact) mass is 1180 g/mol. The number of aliphatic hydroxyl groups excluding tert-OH is 5. The van der Waals surface area contributed by atoms with Crippen molar-refractivity contribution >= 4 is 47.0 Å². The van der Waals surface area contributed by atoms with Crippen molar-refractivity contribution in [3.05, 3.63) is 79.9 Å². The quantitative estimate of drug-likeness (QED) is 0.0625. The lowest BCUT2D eigenvalue weighted by molar-refractivity contribution is -0.333. The Kier molecular flexibility index (Phi) is 25.3. The molecule has 4 aliphatic heterocycles. The number of phenols is 1. The molecule has 3 fully saturated rings. The summed E-state index contributed by atoms with van der Waals surface area (Å²) in [6.45, 7) is 19.9. The van der Waals surface area contributed by atoms with Crippen LogP contribution in [0.4, 0.5) is 0 Å². The van der Waals surface area contributed by atoms with Crippen LogP contribution in [0.3, 0.4) is 0 Å². The molecule has 1 amide bonds. The molecule has 0 bridgehead atoms. The number of phenolic OH excluding ortho intramolecular Hbond substituents is 1. The van der Waals surface area contributed by atoms with Gasteiger partial charge in [0.1, 0.15) is 46.7 Å². The lowest BCUT2D eigenvalue weighted by Crippen LogP contribution is -2.64. The second kappa shape index (κ2) is 30.4. The standard InChI is InChI=1S/C58H84Cl2N2O19/c1-13-35-26-31(6)38(64)18-16-15-17-36(54(71)77-39(33(8)63)20-19-30(5)25-32(7)48(35)79-56-46(68)45(67)52(58(10,11)81-56)80-53(70)29(3)4)27-75-57-51(73-12)47(69)49(34(9)76-57)78-55(72)41-37(14-2)42(59)50(43(60)44(41)66)74-28-40(65)62-23-21-61-22-24-62/h15-17,19,25-26,29,33-35,38-39,45-49,51-52,56-57,61,63-64,66-69H,13-14,18,20-24,27-28H2,1-12H3/b16-15+,30-19+,31-26+,32-25+,36-17+/t33-,34+,35+,38+,39+,45-,46+,47-,48+,49+,51-,52+,56-,57+/m1/s1. The highest BCUT2D eigenvalue weighted by Crippen LogP contribution is 2.46. The molecule has 0 unspecified atom stereocenters. The molecule has 7 N–H and O–H groups in total. The molecule has 1 aromatic carbocycles. The molecular weight excluding hydrogens is 1100 g/mol. The Morgan fingerprint density at radius 2 is 1.60 bits per heavy atom. The van der Waals surface area contributed by atoms with Crippen LogP contribution < -0.4 is 10.1 Å². The van der Waals surface area contributed by atoms with E-state index in [4.69, 9.17) is 65.8 Å².